The molecule has 0 radical (unpaired) electrons. The second kappa shape index (κ2) is 9.64. The number of hydrogen-bond acceptors (Lipinski definition) is 8. The summed E-state index contributed by atoms with van der Waals surface area (Å²) in [6.07, 6.45) is 5.31. The summed E-state index contributed by atoms with van der Waals surface area (Å²) in [6, 6.07) is 11.8. The molecule has 0 bridgehead atoms. The van der Waals surface area contributed by atoms with Gasteiger partial charge < -0.3 is 29.7 Å². The number of aromatic nitrogens is 3. The quantitative estimate of drug-likeness (QED) is 0.291. The predicted molar refractivity (Wildman–Crippen MR) is 124 cm³/mol. The molecule has 0 aliphatic carbocycles. The molecule has 0 spiro atoms. The van der Waals surface area contributed by atoms with E-state index in [2.05, 4.69) is 43.7 Å². The standard InChI is InChI=1S/C24H26N6O4/c31-19(14-29-9-7-16-3-1-2-4-17(16)12-29)11-26-22(32)20-15-30-13-18(5-6-21(30)28-20)27-23(33)24-25-8-10-34-24/h1-6,8,10,13,15,19,23,27,31,33H,7,9,11-12,14H2,(H,26,32)/t19-,23?/m0/s1. The average molecular weight is 463 g/mol. The molecule has 0 saturated carbocycles. The molecule has 10 nitrogen and oxygen atoms in total. The Labute approximate surface area is 195 Å². The third kappa shape index (κ3) is 4.93. The lowest BCUT2D eigenvalue weighted by Gasteiger charge is -2.30. The summed E-state index contributed by atoms with van der Waals surface area (Å²) < 4.78 is 6.76. The predicted octanol–water partition coefficient (Wildman–Crippen LogP) is 1.57. The lowest BCUT2D eigenvalue weighted by atomic mass is 10.00. The average Bonchev–Trinajstić information content (AvgIpc) is 3.52. The molecule has 10 heteroatoms. The van der Waals surface area contributed by atoms with Crippen LogP contribution in [0.5, 0.6) is 0 Å². The highest BCUT2D eigenvalue weighted by Crippen LogP contribution is 2.19. The zero-order valence-corrected chi connectivity index (χ0v) is 18.5. The Morgan fingerprint density at radius 3 is 2.82 bits per heavy atom. The van der Waals surface area contributed by atoms with E-state index in [0.717, 1.165) is 19.5 Å². The van der Waals surface area contributed by atoms with Crippen molar-refractivity contribution in [3.8, 4) is 0 Å². The molecule has 4 N–H and O–H groups in total. The van der Waals surface area contributed by atoms with Crippen LogP contribution in [0.2, 0.25) is 0 Å². The van der Waals surface area contributed by atoms with Crippen molar-refractivity contribution in [2.45, 2.75) is 25.3 Å². The number of anilines is 1. The van der Waals surface area contributed by atoms with Gasteiger partial charge in [0.25, 0.3) is 5.91 Å². The first-order valence-corrected chi connectivity index (χ1v) is 11.1. The molecule has 1 aliphatic heterocycles. The normalized spacial score (nSPS) is 15.6. The van der Waals surface area contributed by atoms with E-state index < -0.39 is 12.3 Å². The number of nitrogens with one attached hydrogen (secondary N) is 2. The summed E-state index contributed by atoms with van der Waals surface area (Å²) >= 11 is 0. The number of rotatable bonds is 8. The van der Waals surface area contributed by atoms with Gasteiger partial charge in [0.15, 0.2) is 0 Å². The first-order valence-electron chi connectivity index (χ1n) is 11.1. The molecular formula is C24H26N6O4. The minimum absolute atomic E-state index is 0.139. The van der Waals surface area contributed by atoms with Crippen molar-refractivity contribution in [1.29, 1.82) is 0 Å². The largest absolute Gasteiger partial charge is 0.445 e. The lowest BCUT2D eigenvalue weighted by Crippen LogP contribution is -2.42. The fraction of sp³-hybridized carbons (Fsp3) is 0.292. The van der Waals surface area contributed by atoms with Crippen LogP contribution in [0, 0.1) is 0 Å². The maximum atomic E-state index is 12.6. The number of pyridine rings is 1. The molecule has 1 amide bonds. The SMILES string of the molecule is O=C(NC[C@H](O)CN1CCc2ccccc2C1)c1cn2cc(NC(O)c3ncco3)ccc2n1. The van der Waals surface area contributed by atoms with Crippen LogP contribution in [-0.4, -0.2) is 61.1 Å². The maximum absolute atomic E-state index is 12.6. The summed E-state index contributed by atoms with van der Waals surface area (Å²) in [7, 11) is 0. The monoisotopic (exact) mass is 462 g/mol. The smallest absolute Gasteiger partial charge is 0.271 e. The number of carbonyl (C=O) groups is 1. The molecule has 1 aliphatic rings. The van der Waals surface area contributed by atoms with E-state index in [4.69, 9.17) is 4.42 Å². The Kier molecular flexibility index (Phi) is 6.26. The van der Waals surface area contributed by atoms with Crippen molar-refractivity contribution < 1.29 is 19.4 Å². The molecule has 0 saturated heterocycles. The van der Waals surface area contributed by atoms with Crippen LogP contribution >= 0.6 is 0 Å². The van der Waals surface area contributed by atoms with Crippen LogP contribution in [0.3, 0.4) is 0 Å². The molecule has 34 heavy (non-hydrogen) atoms. The van der Waals surface area contributed by atoms with Gasteiger partial charge in [0.2, 0.25) is 12.1 Å². The summed E-state index contributed by atoms with van der Waals surface area (Å²) in [5.41, 5.74) is 4.06. The van der Waals surface area contributed by atoms with Gasteiger partial charge >= 0.3 is 0 Å². The molecule has 3 aromatic heterocycles. The van der Waals surface area contributed by atoms with Crippen LogP contribution in [-0.2, 0) is 13.0 Å². The van der Waals surface area contributed by atoms with Gasteiger partial charge in [0, 0.05) is 38.6 Å². The van der Waals surface area contributed by atoms with Gasteiger partial charge in [0.05, 0.1) is 18.0 Å². The summed E-state index contributed by atoms with van der Waals surface area (Å²) in [5, 5.41) is 26.2. The van der Waals surface area contributed by atoms with E-state index >= 15 is 0 Å². The number of carbonyl (C=O) groups excluding carboxylic acids is 1. The van der Waals surface area contributed by atoms with Gasteiger partial charge in [-0.15, -0.1) is 0 Å². The summed E-state index contributed by atoms with van der Waals surface area (Å²) in [4.78, 5) is 23.1. The number of aliphatic hydroxyl groups is 2. The van der Waals surface area contributed by atoms with Gasteiger partial charge in [0.1, 0.15) is 17.6 Å². The molecule has 176 valence electrons. The highest BCUT2D eigenvalue weighted by Gasteiger charge is 2.20. The van der Waals surface area contributed by atoms with Crippen molar-refractivity contribution in [1.82, 2.24) is 24.6 Å². The highest BCUT2D eigenvalue weighted by atomic mass is 16.4. The fourth-order valence-corrected chi connectivity index (χ4v) is 4.15. The van der Waals surface area contributed by atoms with Crippen molar-refractivity contribution in [2.24, 2.45) is 0 Å². The number of fused-ring (bicyclic) bond motifs is 2. The maximum Gasteiger partial charge on any atom is 0.271 e. The van der Waals surface area contributed by atoms with E-state index in [1.54, 1.807) is 28.9 Å². The zero-order valence-electron chi connectivity index (χ0n) is 18.5. The van der Waals surface area contributed by atoms with Crippen LogP contribution < -0.4 is 10.6 Å². The van der Waals surface area contributed by atoms with E-state index in [1.165, 1.54) is 23.6 Å². The molecule has 1 aromatic carbocycles. The number of imidazole rings is 1. The van der Waals surface area contributed by atoms with Crippen LogP contribution in [0.1, 0.15) is 33.7 Å². The van der Waals surface area contributed by atoms with Crippen LogP contribution in [0.25, 0.3) is 5.65 Å². The minimum Gasteiger partial charge on any atom is -0.445 e. The third-order valence-corrected chi connectivity index (χ3v) is 5.85. The summed E-state index contributed by atoms with van der Waals surface area (Å²) in [5.74, 6) is -0.209. The van der Waals surface area contributed by atoms with Crippen molar-refractivity contribution in [3.05, 3.63) is 84.0 Å². The zero-order chi connectivity index (χ0) is 23.5. The van der Waals surface area contributed by atoms with Gasteiger partial charge in [-0.05, 0) is 29.7 Å². The van der Waals surface area contributed by atoms with Gasteiger partial charge in [-0.2, -0.15) is 0 Å². The Hall–Kier alpha value is -3.73. The second-order valence-corrected chi connectivity index (χ2v) is 8.34. The number of amides is 1. The number of oxazole rings is 1. The van der Waals surface area contributed by atoms with Gasteiger partial charge in [-0.25, -0.2) is 9.97 Å². The number of benzene rings is 1. The van der Waals surface area contributed by atoms with Gasteiger partial charge in [-0.1, -0.05) is 24.3 Å². The van der Waals surface area contributed by atoms with E-state index in [1.807, 2.05) is 6.07 Å². The van der Waals surface area contributed by atoms with Crippen molar-refractivity contribution in [3.63, 3.8) is 0 Å². The van der Waals surface area contributed by atoms with Crippen molar-refractivity contribution in [2.75, 3.05) is 25.0 Å². The van der Waals surface area contributed by atoms with E-state index in [9.17, 15) is 15.0 Å². The number of aliphatic hydroxyl groups excluding tert-OH is 2. The Morgan fingerprint density at radius 1 is 1.15 bits per heavy atom. The second-order valence-electron chi connectivity index (χ2n) is 8.34. The molecule has 4 aromatic rings. The molecule has 2 atom stereocenters. The number of hydrogen-bond donors (Lipinski definition) is 4. The first kappa shape index (κ1) is 22.1. The van der Waals surface area contributed by atoms with Crippen LogP contribution in [0.4, 0.5) is 5.69 Å². The Balaban J connectivity index is 1.15. The topological polar surface area (TPSA) is 128 Å². The minimum atomic E-state index is -1.10. The fourth-order valence-electron chi connectivity index (χ4n) is 4.15. The van der Waals surface area contributed by atoms with Crippen molar-refractivity contribution >= 4 is 17.2 Å². The molecule has 5 rings (SSSR count). The van der Waals surface area contributed by atoms with E-state index in [0.29, 0.717) is 17.9 Å². The molecule has 1 unspecified atom stereocenters. The Bertz CT molecular complexity index is 1270. The lowest BCUT2D eigenvalue weighted by molar-refractivity contribution is 0.0838. The highest BCUT2D eigenvalue weighted by molar-refractivity contribution is 5.92. The molecule has 4 heterocycles. The molecular weight excluding hydrogens is 436 g/mol. The first-order chi connectivity index (χ1) is 16.5. The van der Waals surface area contributed by atoms with Crippen LogP contribution in [0.15, 0.2) is 65.7 Å². The van der Waals surface area contributed by atoms with E-state index in [-0.39, 0.29) is 24.0 Å². The number of β-amino-alcohol motifs (C(OH)–C–C–N with tert-alkyl or cyclic N) is 1. The van der Waals surface area contributed by atoms with Gasteiger partial charge in [-0.3, -0.25) is 9.69 Å². The number of nitrogens with zero attached hydrogens (tertiary/aromatic N) is 4. The summed E-state index contributed by atoms with van der Waals surface area (Å²) in [6.45, 7) is 2.31. The Morgan fingerprint density at radius 2 is 2.00 bits per heavy atom. The third-order valence-electron chi connectivity index (χ3n) is 5.85. The molecule has 0 fully saturated rings.